The summed E-state index contributed by atoms with van der Waals surface area (Å²) in [5, 5.41) is 0. The third kappa shape index (κ3) is 10.4. The zero-order valence-electron chi connectivity index (χ0n) is 35.4. The van der Waals surface area contributed by atoms with Crippen LogP contribution in [-0.4, -0.2) is 11.9 Å². The van der Waals surface area contributed by atoms with E-state index in [0.717, 1.165) is 5.56 Å². The molecule has 0 heterocycles. The summed E-state index contributed by atoms with van der Waals surface area (Å²) in [6.07, 6.45) is -13.9. The Kier molecular flexibility index (Phi) is 16.1. The number of ketones is 1. The van der Waals surface area contributed by atoms with Crippen LogP contribution in [0.15, 0.2) is 99.6 Å². The van der Waals surface area contributed by atoms with E-state index in [-0.39, 0.29) is 16.7 Å². The van der Waals surface area contributed by atoms with Crippen LogP contribution < -0.4 is 0 Å². The van der Waals surface area contributed by atoms with Gasteiger partial charge in [0.25, 0.3) is 0 Å². The van der Waals surface area contributed by atoms with Crippen LogP contribution in [0.2, 0.25) is 0 Å². The first kappa shape index (κ1) is 53.6. The van der Waals surface area contributed by atoms with Crippen LogP contribution in [0.5, 0.6) is 0 Å². The monoisotopic (exact) mass is 1040 g/mol. The van der Waals surface area contributed by atoms with Gasteiger partial charge >= 0.3 is 0 Å². The first-order chi connectivity index (χ1) is 33.3. The molecule has 0 aliphatic heterocycles. The number of Topliss-reactive ketones (excluding diaryl/α,β-unsaturated/α-hetero) is 1. The molecule has 0 radical (unpaired) electrons. The van der Waals surface area contributed by atoms with Gasteiger partial charge in [0.2, 0.25) is 23.3 Å². The van der Waals surface area contributed by atoms with E-state index in [1.165, 1.54) is 14.7 Å². The molecule has 7 aromatic rings. The molecule has 0 aliphatic rings. The molecule has 0 aromatic heterocycles. The van der Waals surface area contributed by atoms with E-state index in [9.17, 15) is 92.6 Å². The summed E-state index contributed by atoms with van der Waals surface area (Å²) in [5.74, 6) is -57.7. The van der Waals surface area contributed by atoms with Crippen molar-refractivity contribution in [3.05, 3.63) is 229 Å². The smallest absolute Gasteiger partial charge is 0.200 e. The molecule has 0 fully saturated rings. The van der Waals surface area contributed by atoms with Crippen molar-refractivity contribution in [3.63, 3.8) is 0 Å². The molecule has 23 heteroatoms. The average molecular weight is 1040 g/mol. The Bertz CT molecular complexity index is 2740. The second kappa shape index (κ2) is 21.3. The predicted octanol–water partition coefficient (Wildman–Crippen LogP) is 14.3. The van der Waals surface area contributed by atoms with Crippen molar-refractivity contribution in [1.82, 2.24) is 0 Å². The molecule has 7 aromatic carbocycles. The average Bonchev–Trinajstić information content (AvgIpc) is 3.37. The molecule has 0 amide bonds. The molecule has 372 valence electrons. The standard InChI is InChI=1S/C28H8BF20.C20H17OS/c30-9-5(10(31)18(39)25(46)17(9)38)1-29(2-6-11(32)19(40)26(47)20(41)12(6)33,3-7-13(34)21(42)27(48)22(43)14(7)35)4-8-15(36)23(44)28(49)24(45)16(8)37;1-16(21)17-12-14-20(15-13-17)22(18-8-4-2-5-9-18)19-10-6-3-7-11-19/h1-4H2;2-15H,1H3/q-1;+1. The highest BCUT2D eigenvalue weighted by atomic mass is 32.2. The minimum atomic E-state index is -4.78. The second-order valence-electron chi connectivity index (χ2n) is 15.8. The Morgan fingerprint density at radius 3 is 0.718 bits per heavy atom. The Labute approximate surface area is 390 Å². The normalized spacial score (nSPS) is 11.6. The van der Waals surface area contributed by atoms with Gasteiger partial charge in [-0.1, -0.05) is 36.4 Å². The lowest BCUT2D eigenvalue weighted by Crippen LogP contribution is -2.49. The van der Waals surface area contributed by atoms with Gasteiger partial charge in [0.1, 0.15) is 0 Å². The third-order valence-electron chi connectivity index (χ3n) is 11.2. The Morgan fingerprint density at radius 1 is 0.310 bits per heavy atom. The summed E-state index contributed by atoms with van der Waals surface area (Å²) in [6.45, 7) is 1.60. The molecule has 0 N–H and O–H groups in total. The van der Waals surface area contributed by atoms with Crippen molar-refractivity contribution in [1.29, 1.82) is 0 Å². The van der Waals surface area contributed by atoms with Crippen molar-refractivity contribution < 1.29 is 92.6 Å². The molecule has 71 heavy (non-hydrogen) atoms. The number of carbonyl (C=O) groups excluding carboxylic acids is 1. The molecule has 0 saturated carbocycles. The third-order valence-corrected chi connectivity index (χ3v) is 13.4. The van der Waals surface area contributed by atoms with Gasteiger partial charge in [-0.25, -0.2) is 87.8 Å². The minimum Gasteiger partial charge on any atom is -0.295 e. The highest BCUT2D eigenvalue weighted by molar-refractivity contribution is 7.97. The van der Waals surface area contributed by atoms with Crippen molar-refractivity contribution in [2.45, 2.75) is 46.9 Å². The number of hydrogen-bond donors (Lipinski definition) is 0. The van der Waals surface area contributed by atoms with Gasteiger partial charge in [-0.2, -0.15) is 0 Å². The van der Waals surface area contributed by atoms with Gasteiger partial charge < -0.3 is 0 Å². The summed E-state index contributed by atoms with van der Waals surface area (Å²) >= 11 is 0. The topological polar surface area (TPSA) is 17.1 Å². The van der Waals surface area contributed by atoms with Crippen LogP contribution in [-0.2, 0) is 36.2 Å². The lowest BCUT2D eigenvalue weighted by Gasteiger charge is -2.41. The fourth-order valence-corrected chi connectivity index (χ4v) is 9.91. The van der Waals surface area contributed by atoms with Crippen LogP contribution in [0.25, 0.3) is 0 Å². The summed E-state index contributed by atoms with van der Waals surface area (Å²) in [6, 6.07) is 29.0. The molecule has 0 atom stereocenters. The van der Waals surface area contributed by atoms with Crippen LogP contribution in [0.1, 0.15) is 39.5 Å². The highest BCUT2D eigenvalue weighted by Crippen LogP contribution is 2.38. The van der Waals surface area contributed by atoms with Gasteiger partial charge in [-0.05, 0) is 77.7 Å². The van der Waals surface area contributed by atoms with Crippen molar-refractivity contribution in [2.24, 2.45) is 0 Å². The largest absolute Gasteiger partial charge is 0.295 e. The number of rotatable bonds is 12. The van der Waals surface area contributed by atoms with E-state index in [0.29, 0.717) is 0 Å². The summed E-state index contributed by atoms with van der Waals surface area (Å²) in [4.78, 5) is 15.3. The molecule has 0 unspecified atom stereocenters. The molecule has 0 saturated heterocycles. The molecule has 0 spiro atoms. The molecular formula is C48H25BF20OS. The highest BCUT2D eigenvalue weighted by Gasteiger charge is 2.40. The van der Waals surface area contributed by atoms with Crippen molar-refractivity contribution >= 4 is 22.8 Å². The SMILES string of the molecule is CC(=O)c1ccc([S+](c2ccccc2)c2ccccc2)cc1.Fc1c(F)c(F)c(C[B-](Cc2c(F)c(F)c(F)c(F)c2F)(Cc2c(F)c(F)c(F)c(F)c2F)Cc2c(F)c(F)c(F)c(F)c2F)c(F)c1F. The zero-order chi connectivity index (χ0) is 52.5. The van der Waals surface area contributed by atoms with Crippen LogP contribution in [0, 0.1) is 116 Å². The maximum absolute atomic E-state index is 14.9. The maximum atomic E-state index is 14.9. The first-order valence-electron chi connectivity index (χ1n) is 20.0. The quantitative estimate of drug-likeness (QED) is 0.0298. The summed E-state index contributed by atoms with van der Waals surface area (Å²) in [5.41, 5.74) is -8.21. The van der Waals surface area contributed by atoms with Gasteiger partial charge in [-0.15, -0.1) is 25.3 Å². The lowest BCUT2D eigenvalue weighted by atomic mass is 9.16. The Morgan fingerprint density at radius 2 is 0.507 bits per heavy atom. The van der Waals surface area contributed by atoms with Crippen molar-refractivity contribution in [2.75, 3.05) is 0 Å². The van der Waals surface area contributed by atoms with E-state index in [2.05, 4.69) is 60.7 Å². The predicted molar refractivity (Wildman–Crippen MR) is 217 cm³/mol. The van der Waals surface area contributed by atoms with Crippen LogP contribution >= 0.6 is 0 Å². The fourth-order valence-electron chi connectivity index (χ4n) is 7.83. The maximum Gasteiger partial charge on any atom is 0.200 e. The van der Waals surface area contributed by atoms with Crippen LogP contribution in [0.4, 0.5) is 87.8 Å². The number of benzene rings is 7. The minimum absolute atomic E-state index is 0.103. The molecule has 0 bridgehead atoms. The van der Waals surface area contributed by atoms with E-state index < -0.39 is 170 Å². The van der Waals surface area contributed by atoms with E-state index in [4.69, 9.17) is 0 Å². The van der Waals surface area contributed by atoms with Gasteiger partial charge in [0, 0.05) is 11.7 Å². The number of hydrogen-bond acceptors (Lipinski definition) is 1. The van der Waals surface area contributed by atoms with E-state index in [1.54, 1.807) is 6.92 Å². The molecule has 0 aliphatic carbocycles. The first-order valence-corrected chi connectivity index (χ1v) is 21.3. The molecular weight excluding hydrogens is 1020 g/mol. The number of carbonyl (C=O) groups is 1. The van der Waals surface area contributed by atoms with E-state index >= 15 is 0 Å². The second-order valence-corrected chi connectivity index (χ2v) is 17.8. The Balaban J connectivity index is 0.000000310. The Hall–Kier alpha value is -6.78. The van der Waals surface area contributed by atoms with Crippen molar-refractivity contribution in [3.8, 4) is 0 Å². The fraction of sp³-hybridized carbons (Fsp3) is 0.104. The molecule has 7 rings (SSSR count). The zero-order valence-corrected chi connectivity index (χ0v) is 36.2. The lowest BCUT2D eigenvalue weighted by molar-refractivity contribution is 0.101. The van der Waals surface area contributed by atoms with Gasteiger partial charge in [-0.3, -0.25) is 4.79 Å². The van der Waals surface area contributed by atoms with E-state index in [1.807, 2.05) is 24.3 Å². The van der Waals surface area contributed by atoms with Gasteiger partial charge in [0.15, 0.2) is 114 Å². The number of halogens is 20. The van der Waals surface area contributed by atoms with Gasteiger partial charge in [0.05, 0.1) is 10.9 Å². The molecule has 1 nitrogen and oxygen atoms in total. The summed E-state index contributed by atoms with van der Waals surface area (Å²) < 4.78 is 288. The van der Waals surface area contributed by atoms with Crippen LogP contribution in [0.3, 0.4) is 0 Å². The summed E-state index contributed by atoms with van der Waals surface area (Å²) in [7, 11) is -0.147.